The molecule has 20 heavy (non-hydrogen) atoms. The molecule has 0 heterocycles. The van der Waals surface area contributed by atoms with Crippen LogP contribution in [0.3, 0.4) is 0 Å². The molecule has 3 nitrogen and oxygen atoms in total. The molecule has 0 aromatic heterocycles. The number of benzene rings is 1. The van der Waals surface area contributed by atoms with Crippen LogP contribution in [0.1, 0.15) is 45.1 Å². The first-order valence-electron chi connectivity index (χ1n) is 7.17. The van der Waals surface area contributed by atoms with Crippen molar-refractivity contribution in [2.75, 3.05) is 6.54 Å². The van der Waals surface area contributed by atoms with Crippen molar-refractivity contribution in [3.63, 3.8) is 0 Å². The molecule has 0 aliphatic heterocycles. The lowest BCUT2D eigenvalue weighted by Gasteiger charge is -2.31. The van der Waals surface area contributed by atoms with Crippen LogP contribution < -0.4 is 11.1 Å². The van der Waals surface area contributed by atoms with Crippen molar-refractivity contribution in [2.24, 2.45) is 5.73 Å². The van der Waals surface area contributed by atoms with E-state index in [4.69, 9.17) is 17.3 Å². The van der Waals surface area contributed by atoms with E-state index in [1.807, 2.05) is 18.2 Å². The van der Waals surface area contributed by atoms with Crippen LogP contribution in [0, 0.1) is 0 Å². The van der Waals surface area contributed by atoms with Crippen molar-refractivity contribution in [1.82, 2.24) is 5.32 Å². The highest BCUT2D eigenvalue weighted by Gasteiger charge is 2.37. The van der Waals surface area contributed by atoms with Gasteiger partial charge in [-0.2, -0.15) is 0 Å². The molecule has 1 fully saturated rings. The first-order valence-corrected chi connectivity index (χ1v) is 7.55. The Balaban J connectivity index is 2.17. The van der Waals surface area contributed by atoms with E-state index in [0.717, 1.165) is 17.9 Å². The number of nitrogens with two attached hydrogens (primary N) is 1. The second-order valence-electron chi connectivity index (χ2n) is 6.40. The van der Waals surface area contributed by atoms with Gasteiger partial charge in [-0.05, 0) is 44.4 Å². The quantitative estimate of drug-likeness (QED) is 0.897. The van der Waals surface area contributed by atoms with Crippen LogP contribution in [0.5, 0.6) is 0 Å². The minimum atomic E-state index is -0.839. The zero-order valence-corrected chi connectivity index (χ0v) is 13.0. The third-order valence-electron chi connectivity index (χ3n) is 4.17. The van der Waals surface area contributed by atoms with Crippen LogP contribution in [0.4, 0.5) is 0 Å². The maximum absolute atomic E-state index is 12.0. The molecule has 1 aromatic carbocycles. The highest BCUT2D eigenvalue weighted by molar-refractivity contribution is 6.30. The summed E-state index contributed by atoms with van der Waals surface area (Å²) in [5.41, 5.74) is 6.22. The van der Waals surface area contributed by atoms with Gasteiger partial charge in [0.25, 0.3) is 0 Å². The molecule has 110 valence electrons. The molecule has 1 aliphatic carbocycles. The second kappa shape index (κ2) is 5.74. The molecule has 1 amide bonds. The van der Waals surface area contributed by atoms with Crippen molar-refractivity contribution < 1.29 is 4.79 Å². The molecule has 1 aromatic rings. The zero-order chi connectivity index (χ0) is 14.8. The second-order valence-corrected chi connectivity index (χ2v) is 6.84. The molecule has 0 radical (unpaired) electrons. The van der Waals surface area contributed by atoms with Crippen LogP contribution in [0.15, 0.2) is 24.3 Å². The fourth-order valence-corrected chi connectivity index (χ4v) is 3.11. The molecule has 0 atom stereocenters. The van der Waals surface area contributed by atoms with E-state index in [0.29, 0.717) is 6.54 Å². The number of amides is 1. The van der Waals surface area contributed by atoms with Crippen molar-refractivity contribution in [3.05, 3.63) is 34.9 Å². The summed E-state index contributed by atoms with van der Waals surface area (Å²) in [6, 6.07) is 7.99. The van der Waals surface area contributed by atoms with E-state index < -0.39 is 5.54 Å². The molecule has 2 rings (SSSR count). The van der Waals surface area contributed by atoms with Crippen molar-refractivity contribution in [1.29, 1.82) is 0 Å². The summed E-state index contributed by atoms with van der Waals surface area (Å²) in [5.74, 6) is -0.106. The fourth-order valence-electron chi connectivity index (χ4n) is 2.91. The van der Waals surface area contributed by atoms with Gasteiger partial charge in [-0.1, -0.05) is 36.6 Å². The number of hydrogen-bond donors (Lipinski definition) is 2. The normalized spacial score (nSPS) is 18.0. The average Bonchev–Trinajstić information content (AvgIpc) is 2.85. The molecule has 0 unspecified atom stereocenters. The number of rotatable bonds is 4. The van der Waals surface area contributed by atoms with Gasteiger partial charge in [0, 0.05) is 17.0 Å². The Kier molecular flexibility index (Phi) is 4.40. The molecule has 1 aliphatic rings. The number of hydrogen-bond acceptors (Lipinski definition) is 2. The van der Waals surface area contributed by atoms with Gasteiger partial charge in [0.1, 0.15) is 0 Å². The Morgan fingerprint density at radius 2 is 2.05 bits per heavy atom. The standard InChI is InChI=1S/C16H23ClN2O/c1-15(2,18)14(20)19-11-16(8-3-4-9-16)12-6-5-7-13(17)10-12/h5-7,10H,3-4,8-9,11,18H2,1-2H3,(H,19,20). The zero-order valence-electron chi connectivity index (χ0n) is 12.2. The highest BCUT2D eigenvalue weighted by Crippen LogP contribution is 2.41. The van der Waals surface area contributed by atoms with Crippen molar-refractivity contribution >= 4 is 17.5 Å². The molecule has 3 N–H and O–H groups in total. The van der Waals surface area contributed by atoms with E-state index in [2.05, 4.69) is 11.4 Å². The summed E-state index contributed by atoms with van der Waals surface area (Å²) in [6.45, 7) is 4.08. The first kappa shape index (κ1) is 15.3. The van der Waals surface area contributed by atoms with Crippen LogP contribution >= 0.6 is 11.6 Å². The molecule has 0 spiro atoms. The summed E-state index contributed by atoms with van der Waals surface area (Å²) >= 11 is 6.11. The van der Waals surface area contributed by atoms with E-state index in [1.54, 1.807) is 13.8 Å². The smallest absolute Gasteiger partial charge is 0.239 e. The minimum Gasteiger partial charge on any atom is -0.354 e. The molecule has 0 bridgehead atoms. The molecule has 4 heteroatoms. The Labute approximate surface area is 125 Å². The predicted molar refractivity (Wildman–Crippen MR) is 82.9 cm³/mol. The average molecular weight is 295 g/mol. The van der Waals surface area contributed by atoms with Crippen molar-refractivity contribution in [3.8, 4) is 0 Å². The van der Waals surface area contributed by atoms with Gasteiger partial charge in [-0.15, -0.1) is 0 Å². The lowest BCUT2D eigenvalue weighted by molar-refractivity contribution is -0.125. The summed E-state index contributed by atoms with van der Waals surface area (Å²) < 4.78 is 0. The van der Waals surface area contributed by atoms with E-state index in [1.165, 1.54) is 18.4 Å². The summed E-state index contributed by atoms with van der Waals surface area (Å²) in [6.07, 6.45) is 4.54. The Hall–Kier alpha value is -1.06. The summed E-state index contributed by atoms with van der Waals surface area (Å²) in [4.78, 5) is 12.0. The van der Waals surface area contributed by atoms with Gasteiger partial charge < -0.3 is 11.1 Å². The van der Waals surface area contributed by atoms with Gasteiger partial charge in [-0.3, -0.25) is 4.79 Å². The number of carbonyl (C=O) groups excluding carboxylic acids is 1. The third-order valence-corrected chi connectivity index (χ3v) is 4.41. The minimum absolute atomic E-state index is 0.00576. The maximum Gasteiger partial charge on any atom is 0.239 e. The molecular weight excluding hydrogens is 272 g/mol. The largest absolute Gasteiger partial charge is 0.354 e. The van der Waals surface area contributed by atoms with Crippen LogP contribution in [0.25, 0.3) is 0 Å². The van der Waals surface area contributed by atoms with Crippen LogP contribution in [-0.2, 0) is 10.2 Å². The predicted octanol–water partition coefficient (Wildman–Crippen LogP) is 3.01. The Morgan fingerprint density at radius 3 is 2.60 bits per heavy atom. The molecule has 1 saturated carbocycles. The SMILES string of the molecule is CC(C)(N)C(=O)NCC1(c2cccc(Cl)c2)CCCC1. The topological polar surface area (TPSA) is 55.1 Å². The fraction of sp³-hybridized carbons (Fsp3) is 0.562. The maximum atomic E-state index is 12.0. The van der Waals surface area contributed by atoms with E-state index in [-0.39, 0.29) is 11.3 Å². The van der Waals surface area contributed by atoms with Gasteiger partial charge in [-0.25, -0.2) is 0 Å². The Morgan fingerprint density at radius 1 is 1.40 bits per heavy atom. The Bertz CT molecular complexity index is 487. The van der Waals surface area contributed by atoms with E-state index in [9.17, 15) is 4.79 Å². The summed E-state index contributed by atoms with van der Waals surface area (Å²) in [7, 11) is 0. The number of halogens is 1. The van der Waals surface area contributed by atoms with Crippen molar-refractivity contribution in [2.45, 2.75) is 50.5 Å². The molecule has 0 saturated heterocycles. The molecular formula is C16H23ClN2O. The van der Waals surface area contributed by atoms with Crippen LogP contribution in [-0.4, -0.2) is 18.0 Å². The third kappa shape index (κ3) is 3.33. The number of carbonyl (C=O) groups is 1. The summed E-state index contributed by atoms with van der Waals surface area (Å²) in [5, 5.41) is 3.77. The van der Waals surface area contributed by atoms with Gasteiger partial charge in [0.05, 0.1) is 5.54 Å². The first-order chi connectivity index (χ1) is 9.33. The van der Waals surface area contributed by atoms with Crippen LogP contribution in [0.2, 0.25) is 5.02 Å². The number of nitrogens with one attached hydrogen (secondary N) is 1. The van der Waals surface area contributed by atoms with Gasteiger partial charge >= 0.3 is 0 Å². The lowest BCUT2D eigenvalue weighted by Crippen LogP contribution is -2.52. The van der Waals surface area contributed by atoms with Gasteiger partial charge in [0.15, 0.2) is 0 Å². The monoisotopic (exact) mass is 294 g/mol. The van der Waals surface area contributed by atoms with Gasteiger partial charge in [0.2, 0.25) is 5.91 Å². The van der Waals surface area contributed by atoms with E-state index >= 15 is 0 Å². The lowest BCUT2D eigenvalue weighted by atomic mass is 9.78. The highest BCUT2D eigenvalue weighted by atomic mass is 35.5.